The van der Waals surface area contributed by atoms with Crippen molar-refractivity contribution in [1.29, 1.82) is 0 Å². The second-order valence-corrected chi connectivity index (χ2v) is 6.91. The van der Waals surface area contributed by atoms with Crippen LogP contribution < -0.4 is 0 Å². The molecule has 0 aliphatic carbocycles. The van der Waals surface area contributed by atoms with Gasteiger partial charge in [-0.2, -0.15) is 0 Å². The molecule has 14 heteroatoms. The Morgan fingerprint density at radius 2 is 0.923 bits per heavy atom. The predicted molar refractivity (Wildman–Crippen MR) is 84.8 cm³/mol. The van der Waals surface area contributed by atoms with Crippen LogP contribution in [-0.4, -0.2) is 89.6 Å². The minimum atomic E-state index is -4.72. The average molecular weight is 436 g/mol. The SMILES string of the molecule is O.O=S(=O)([O-])c1cc(O)ccc1O.O=S(=O)([O-])c1cc(O)ccc1O.[Ca+2]. The van der Waals surface area contributed by atoms with Crippen LogP contribution in [0.25, 0.3) is 0 Å². The molecule has 0 saturated heterocycles. The maximum atomic E-state index is 10.4. The Hall–Kier alpha value is -1.32. The second kappa shape index (κ2) is 10.1. The van der Waals surface area contributed by atoms with Gasteiger partial charge in [0.05, 0.1) is 9.79 Å². The van der Waals surface area contributed by atoms with Gasteiger partial charge in [-0.05, 0) is 24.3 Å². The van der Waals surface area contributed by atoms with Gasteiger partial charge in [0.15, 0.2) is 0 Å². The molecule has 2 rings (SSSR count). The van der Waals surface area contributed by atoms with Crippen molar-refractivity contribution < 1.29 is 51.8 Å². The van der Waals surface area contributed by atoms with Crippen molar-refractivity contribution in [2.24, 2.45) is 0 Å². The molecule has 0 saturated carbocycles. The molecule has 0 aromatic heterocycles. The Kier molecular flexibility index (Phi) is 10.5. The number of phenolic OH excluding ortho intramolecular Hbond substituents is 4. The first kappa shape index (κ1) is 26.9. The van der Waals surface area contributed by atoms with Crippen LogP contribution >= 0.6 is 0 Å². The molecule has 0 unspecified atom stereocenters. The van der Waals surface area contributed by atoms with Gasteiger partial charge in [0.1, 0.15) is 43.2 Å². The van der Waals surface area contributed by atoms with Crippen molar-refractivity contribution >= 4 is 58.0 Å². The number of aromatic hydroxyl groups is 4. The Bertz CT molecular complexity index is 876. The van der Waals surface area contributed by atoms with Crippen LogP contribution in [0.4, 0.5) is 0 Å². The van der Waals surface area contributed by atoms with Crippen molar-refractivity contribution in [3.05, 3.63) is 36.4 Å². The van der Waals surface area contributed by atoms with E-state index < -0.39 is 41.5 Å². The number of benzene rings is 2. The summed E-state index contributed by atoms with van der Waals surface area (Å²) in [5, 5.41) is 35.3. The van der Waals surface area contributed by atoms with Crippen LogP contribution in [0.1, 0.15) is 0 Å². The molecule has 26 heavy (non-hydrogen) atoms. The zero-order chi connectivity index (χ0) is 18.7. The van der Waals surface area contributed by atoms with E-state index in [9.17, 15) is 25.9 Å². The molecule has 0 atom stereocenters. The molecule has 0 aliphatic rings. The van der Waals surface area contributed by atoms with Gasteiger partial charge >= 0.3 is 37.7 Å². The summed E-state index contributed by atoms with van der Waals surface area (Å²) in [5.74, 6) is -2.10. The second-order valence-electron chi connectivity index (χ2n) is 4.21. The molecule has 0 spiro atoms. The molecule has 0 amide bonds. The number of rotatable bonds is 2. The molecule has 140 valence electrons. The van der Waals surface area contributed by atoms with Crippen molar-refractivity contribution in [3.8, 4) is 23.0 Å². The van der Waals surface area contributed by atoms with Crippen LogP contribution in [0.5, 0.6) is 23.0 Å². The largest absolute Gasteiger partial charge is 2.00 e. The fourth-order valence-corrected chi connectivity index (χ4v) is 2.58. The summed E-state index contributed by atoms with van der Waals surface area (Å²) in [7, 11) is -9.43. The average Bonchev–Trinajstić information content (AvgIpc) is 2.42. The van der Waals surface area contributed by atoms with E-state index in [1.165, 1.54) is 0 Å². The van der Waals surface area contributed by atoms with Gasteiger partial charge in [0.2, 0.25) is 0 Å². The van der Waals surface area contributed by atoms with Crippen LogP contribution in [-0.2, 0) is 20.2 Å². The fourth-order valence-electron chi connectivity index (χ4n) is 1.41. The van der Waals surface area contributed by atoms with E-state index in [0.29, 0.717) is 12.1 Å². The normalized spacial score (nSPS) is 10.5. The van der Waals surface area contributed by atoms with Crippen molar-refractivity contribution in [2.75, 3.05) is 0 Å². The van der Waals surface area contributed by atoms with Gasteiger partial charge in [0, 0.05) is 12.1 Å². The maximum absolute atomic E-state index is 10.4. The molecule has 0 bridgehead atoms. The van der Waals surface area contributed by atoms with Gasteiger partial charge < -0.3 is 35.0 Å². The third-order valence-corrected chi connectivity index (χ3v) is 4.16. The van der Waals surface area contributed by atoms with Gasteiger partial charge in [0.25, 0.3) is 0 Å². The summed E-state index contributed by atoms with van der Waals surface area (Å²) in [6, 6.07) is 5.39. The van der Waals surface area contributed by atoms with E-state index in [1.807, 2.05) is 0 Å². The molecule has 0 fully saturated rings. The molecule has 2 aromatic rings. The summed E-state index contributed by atoms with van der Waals surface area (Å²) in [6.07, 6.45) is 0. The summed E-state index contributed by atoms with van der Waals surface area (Å²) in [5.41, 5.74) is 0. The molecular weight excluding hydrogens is 424 g/mol. The smallest absolute Gasteiger partial charge is 0.744 e. The molecule has 0 heterocycles. The minimum Gasteiger partial charge on any atom is -0.744 e. The topological polar surface area (TPSA) is 227 Å². The van der Waals surface area contributed by atoms with E-state index in [4.69, 9.17) is 20.4 Å². The van der Waals surface area contributed by atoms with Gasteiger partial charge in [-0.15, -0.1) is 0 Å². The maximum Gasteiger partial charge on any atom is 2.00 e. The van der Waals surface area contributed by atoms with E-state index in [2.05, 4.69) is 0 Å². The van der Waals surface area contributed by atoms with Crippen molar-refractivity contribution in [2.45, 2.75) is 9.79 Å². The van der Waals surface area contributed by atoms with Crippen LogP contribution in [0, 0.1) is 0 Å². The Morgan fingerprint density at radius 3 is 1.12 bits per heavy atom. The van der Waals surface area contributed by atoms with Gasteiger partial charge in [-0.25, -0.2) is 16.8 Å². The van der Waals surface area contributed by atoms with Crippen LogP contribution in [0.2, 0.25) is 0 Å². The van der Waals surface area contributed by atoms with Crippen molar-refractivity contribution in [3.63, 3.8) is 0 Å². The van der Waals surface area contributed by atoms with E-state index >= 15 is 0 Å². The summed E-state index contributed by atoms with van der Waals surface area (Å²) >= 11 is 0. The third kappa shape index (κ3) is 7.92. The first-order valence-electron chi connectivity index (χ1n) is 5.78. The molecule has 0 aliphatic heterocycles. The first-order valence-corrected chi connectivity index (χ1v) is 8.60. The molecule has 6 N–H and O–H groups in total. The summed E-state index contributed by atoms with van der Waals surface area (Å²) in [6.45, 7) is 0. The minimum absolute atomic E-state index is 0. The standard InChI is InChI=1S/2C6H6O5S.Ca.H2O/c2*7-4-1-2-5(8)6(3-4)12(9,10)11;;/h2*1-3,7-8H,(H,9,10,11);;1H2/q;;+2;/p-2. The third-order valence-electron chi connectivity index (χ3n) is 2.43. The zero-order valence-corrected chi connectivity index (χ0v) is 16.6. The van der Waals surface area contributed by atoms with Crippen LogP contribution in [0.3, 0.4) is 0 Å². The monoisotopic (exact) mass is 436 g/mol. The fraction of sp³-hybridized carbons (Fsp3) is 0. The molecule has 0 radical (unpaired) electrons. The Labute approximate surface area is 178 Å². The van der Waals surface area contributed by atoms with Crippen molar-refractivity contribution in [1.82, 2.24) is 0 Å². The summed E-state index contributed by atoms with van der Waals surface area (Å²) in [4.78, 5) is -1.63. The van der Waals surface area contributed by atoms with E-state index in [0.717, 1.165) is 24.3 Å². The Balaban J connectivity index is 0. The molecular formula is C12H12CaO11S2. The Morgan fingerprint density at radius 1 is 0.654 bits per heavy atom. The predicted octanol–water partition coefficient (Wildman–Crippen LogP) is -1.20. The number of phenols is 4. The number of hydrogen-bond acceptors (Lipinski definition) is 10. The van der Waals surface area contributed by atoms with Crippen LogP contribution in [0.15, 0.2) is 46.2 Å². The molecule has 2 aromatic carbocycles. The van der Waals surface area contributed by atoms with E-state index in [-0.39, 0.29) is 54.7 Å². The first-order chi connectivity index (χ1) is 10.8. The zero-order valence-electron chi connectivity index (χ0n) is 12.7. The quantitative estimate of drug-likeness (QED) is 0.249. The number of hydrogen-bond donors (Lipinski definition) is 4. The van der Waals surface area contributed by atoms with Gasteiger partial charge in [-0.1, -0.05) is 0 Å². The summed E-state index contributed by atoms with van der Waals surface area (Å²) < 4.78 is 62.3. The van der Waals surface area contributed by atoms with Gasteiger partial charge in [-0.3, -0.25) is 0 Å². The molecule has 11 nitrogen and oxygen atoms in total. The van der Waals surface area contributed by atoms with E-state index in [1.54, 1.807) is 0 Å².